The molecule has 0 atom stereocenters. The lowest BCUT2D eigenvalue weighted by molar-refractivity contribution is 0.487. The highest BCUT2D eigenvalue weighted by molar-refractivity contribution is 7.98. The summed E-state index contributed by atoms with van der Waals surface area (Å²) >= 11 is 7.38. The fourth-order valence-corrected chi connectivity index (χ4v) is 3.59. The molecule has 8 heteroatoms. The molecule has 0 bridgehead atoms. The molecule has 0 radical (unpaired) electrons. The lowest BCUT2D eigenvalue weighted by Crippen LogP contribution is -2.29. The summed E-state index contributed by atoms with van der Waals surface area (Å²) in [5.41, 5.74) is 0.422. The van der Waals surface area contributed by atoms with Gasteiger partial charge in [-0.15, -0.1) is 0 Å². The monoisotopic (exact) mass is 340 g/mol. The van der Waals surface area contributed by atoms with Crippen LogP contribution in [0.2, 0.25) is 5.02 Å². The Morgan fingerprint density at radius 2 is 2.10 bits per heavy atom. The van der Waals surface area contributed by atoms with E-state index in [1.54, 1.807) is 18.8 Å². The molecule has 0 saturated carbocycles. The third-order valence-electron chi connectivity index (χ3n) is 2.76. The van der Waals surface area contributed by atoms with Gasteiger partial charge >= 0.3 is 0 Å². The molecule has 0 heterocycles. The third kappa shape index (κ3) is 4.08. The molecule has 0 amide bonds. The van der Waals surface area contributed by atoms with Gasteiger partial charge in [0.1, 0.15) is 5.82 Å². The first-order valence-corrected chi connectivity index (χ1v) is 9.13. The van der Waals surface area contributed by atoms with E-state index in [4.69, 9.17) is 11.6 Å². The van der Waals surface area contributed by atoms with Gasteiger partial charge in [0.15, 0.2) is 0 Å². The van der Waals surface area contributed by atoms with Crippen molar-refractivity contribution in [3.05, 3.63) is 28.5 Å². The van der Waals surface area contributed by atoms with Gasteiger partial charge in [-0.2, -0.15) is 11.8 Å². The van der Waals surface area contributed by atoms with Crippen molar-refractivity contribution in [1.29, 1.82) is 0 Å². The number of benzene rings is 1. The second-order valence-corrected chi connectivity index (χ2v) is 7.64. The van der Waals surface area contributed by atoms with Crippen LogP contribution >= 0.6 is 23.4 Å². The zero-order chi connectivity index (χ0) is 15.3. The molecule has 4 nitrogen and oxygen atoms in total. The van der Waals surface area contributed by atoms with E-state index in [0.29, 0.717) is 24.4 Å². The topological polar surface area (TPSA) is 49.4 Å². The minimum absolute atomic E-state index is 0.0509. The molecule has 0 aliphatic heterocycles. The molecule has 1 aromatic carbocycles. The van der Waals surface area contributed by atoms with Crippen molar-refractivity contribution in [2.75, 3.05) is 32.6 Å². The molecule has 1 rings (SSSR count). The highest BCUT2D eigenvalue weighted by Gasteiger charge is 2.23. The average molecular weight is 341 g/mol. The summed E-state index contributed by atoms with van der Waals surface area (Å²) < 4.78 is 39.7. The maximum atomic E-state index is 13.8. The number of hydrogen-bond acceptors (Lipinski definition) is 4. The highest BCUT2D eigenvalue weighted by atomic mass is 35.5. The molecule has 0 saturated heterocycles. The van der Waals surface area contributed by atoms with Crippen LogP contribution in [-0.4, -0.2) is 45.4 Å². The Bertz CT molecular complexity index is 567. The Labute approximate surface area is 128 Å². The van der Waals surface area contributed by atoms with Crippen LogP contribution in [-0.2, 0) is 16.6 Å². The zero-order valence-corrected chi connectivity index (χ0v) is 14.0. The van der Waals surface area contributed by atoms with Crippen LogP contribution in [0.1, 0.15) is 5.56 Å². The number of halogens is 2. The summed E-state index contributed by atoms with van der Waals surface area (Å²) in [6, 6.07) is 2.37. The highest BCUT2D eigenvalue weighted by Crippen LogP contribution is 2.26. The molecule has 0 aliphatic rings. The maximum Gasteiger partial charge on any atom is 0.242 e. The van der Waals surface area contributed by atoms with Crippen LogP contribution in [0.4, 0.5) is 4.39 Å². The van der Waals surface area contributed by atoms with Gasteiger partial charge in [0.05, 0.1) is 9.92 Å². The van der Waals surface area contributed by atoms with Crippen molar-refractivity contribution < 1.29 is 12.8 Å². The first-order valence-electron chi connectivity index (χ1n) is 5.92. The lowest BCUT2D eigenvalue weighted by Gasteiger charge is -2.18. The van der Waals surface area contributed by atoms with E-state index in [0.717, 1.165) is 6.07 Å². The summed E-state index contributed by atoms with van der Waals surface area (Å²) in [5.74, 6) is -0.0499. The molecule has 0 aliphatic carbocycles. The second-order valence-electron chi connectivity index (χ2n) is 4.23. The van der Waals surface area contributed by atoms with E-state index in [2.05, 4.69) is 5.32 Å². The fraction of sp³-hybridized carbons (Fsp3) is 0.500. The van der Waals surface area contributed by atoms with Gasteiger partial charge in [-0.1, -0.05) is 11.6 Å². The first-order chi connectivity index (χ1) is 9.34. The summed E-state index contributed by atoms with van der Waals surface area (Å²) in [4.78, 5) is -0.0757. The number of nitrogens with zero attached hydrogens (tertiary/aromatic N) is 1. The number of hydrogen-bond donors (Lipinski definition) is 1. The number of rotatable bonds is 7. The summed E-state index contributed by atoms with van der Waals surface area (Å²) in [5, 5.41) is 2.78. The Hall–Kier alpha value is -0.340. The first kappa shape index (κ1) is 17.7. The van der Waals surface area contributed by atoms with Crippen LogP contribution in [0.25, 0.3) is 0 Å². The van der Waals surface area contributed by atoms with E-state index < -0.39 is 15.8 Å². The summed E-state index contributed by atoms with van der Waals surface area (Å²) in [6.07, 6.45) is 1.90. The van der Waals surface area contributed by atoms with Crippen LogP contribution in [0, 0.1) is 5.82 Å². The molecular weight excluding hydrogens is 323 g/mol. The van der Waals surface area contributed by atoms with E-state index in [1.807, 2.05) is 6.26 Å². The van der Waals surface area contributed by atoms with Gasteiger partial charge < -0.3 is 5.32 Å². The average Bonchev–Trinajstić information content (AvgIpc) is 2.40. The van der Waals surface area contributed by atoms with Crippen molar-refractivity contribution in [1.82, 2.24) is 9.62 Å². The van der Waals surface area contributed by atoms with Crippen LogP contribution in [0.5, 0.6) is 0 Å². The normalized spacial score (nSPS) is 12.1. The SMILES string of the molecule is CNCc1cc(S(=O)(=O)N(C)CCSC)cc(F)c1Cl. The molecule has 1 N–H and O–H groups in total. The number of thioether (sulfide) groups is 1. The van der Waals surface area contributed by atoms with Gasteiger partial charge in [0.25, 0.3) is 0 Å². The molecule has 0 spiro atoms. The van der Waals surface area contributed by atoms with Crippen molar-refractivity contribution in [2.24, 2.45) is 0 Å². The largest absolute Gasteiger partial charge is 0.316 e. The third-order valence-corrected chi connectivity index (χ3v) is 5.61. The van der Waals surface area contributed by atoms with Gasteiger partial charge in [0, 0.05) is 25.9 Å². The van der Waals surface area contributed by atoms with Crippen molar-refractivity contribution >= 4 is 33.4 Å². The molecule has 114 valence electrons. The van der Waals surface area contributed by atoms with E-state index in [1.165, 1.54) is 17.4 Å². The van der Waals surface area contributed by atoms with Gasteiger partial charge in [-0.05, 0) is 31.0 Å². The number of nitrogens with one attached hydrogen (secondary N) is 1. The van der Waals surface area contributed by atoms with Crippen LogP contribution in [0.3, 0.4) is 0 Å². The Balaban J connectivity index is 3.18. The Morgan fingerprint density at radius 3 is 2.65 bits per heavy atom. The molecule has 0 aromatic heterocycles. The van der Waals surface area contributed by atoms with E-state index in [9.17, 15) is 12.8 Å². The quantitative estimate of drug-likeness (QED) is 0.826. The second kappa shape index (κ2) is 7.61. The fourth-order valence-electron chi connectivity index (χ4n) is 1.61. The smallest absolute Gasteiger partial charge is 0.242 e. The van der Waals surface area contributed by atoms with E-state index in [-0.39, 0.29) is 9.92 Å². The minimum atomic E-state index is -3.70. The standard InChI is InChI=1S/C12H18ClFN2O2S2/c1-15-8-9-6-10(7-11(14)12(9)13)20(17,18)16(2)4-5-19-3/h6-7,15H,4-5,8H2,1-3H3. The van der Waals surface area contributed by atoms with Crippen molar-refractivity contribution in [3.8, 4) is 0 Å². The molecule has 1 aromatic rings. The van der Waals surface area contributed by atoms with E-state index >= 15 is 0 Å². The summed E-state index contributed by atoms with van der Waals surface area (Å²) in [6.45, 7) is 0.669. The zero-order valence-electron chi connectivity index (χ0n) is 11.6. The van der Waals surface area contributed by atoms with Crippen LogP contribution in [0.15, 0.2) is 17.0 Å². The lowest BCUT2D eigenvalue weighted by atomic mass is 10.2. The molecular formula is C12H18ClFN2O2S2. The predicted molar refractivity (Wildman–Crippen MR) is 82.4 cm³/mol. The van der Waals surface area contributed by atoms with Crippen LogP contribution < -0.4 is 5.32 Å². The van der Waals surface area contributed by atoms with Crippen molar-refractivity contribution in [3.63, 3.8) is 0 Å². The maximum absolute atomic E-state index is 13.8. The van der Waals surface area contributed by atoms with Gasteiger partial charge in [0.2, 0.25) is 10.0 Å². The Morgan fingerprint density at radius 1 is 1.45 bits per heavy atom. The summed E-state index contributed by atoms with van der Waals surface area (Å²) in [7, 11) is -0.535. The molecule has 0 unspecified atom stereocenters. The molecule has 0 fully saturated rings. The predicted octanol–water partition coefficient (Wildman–Crippen LogP) is 2.18. The van der Waals surface area contributed by atoms with Crippen molar-refractivity contribution in [2.45, 2.75) is 11.4 Å². The Kier molecular flexibility index (Phi) is 6.74. The van der Waals surface area contributed by atoms with Gasteiger partial charge in [-0.3, -0.25) is 0 Å². The minimum Gasteiger partial charge on any atom is -0.316 e. The van der Waals surface area contributed by atoms with Gasteiger partial charge in [-0.25, -0.2) is 17.1 Å². The number of sulfonamides is 1. The molecule has 20 heavy (non-hydrogen) atoms.